The summed E-state index contributed by atoms with van der Waals surface area (Å²) in [6, 6.07) is 57.9. The Hall–Kier alpha value is -5.60. The summed E-state index contributed by atoms with van der Waals surface area (Å²) in [6.07, 6.45) is 8.59. The Labute approximate surface area is 305 Å². The highest BCUT2D eigenvalue weighted by Gasteiger charge is 2.51. The summed E-state index contributed by atoms with van der Waals surface area (Å²) < 4.78 is 6.53. The lowest BCUT2D eigenvalue weighted by Crippen LogP contribution is -2.48. The Morgan fingerprint density at radius 3 is 1.71 bits per heavy atom. The molecule has 0 unspecified atom stereocenters. The van der Waals surface area contributed by atoms with E-state index < -0.39 is 0 Å². The molecule has 4 bridgehead atoms. The molecule has 1 aromatic heterocycles. The Kier molecular flexibility index (Phi) is 6.77. The van der Waals surface area contributed by atoms with Crippen molar-refractivity contribution in [1.29, 1.82) is 0 Å². The van der Waals surface area contributed by atoms with Gasteiger partial charge in [-0.15, -0.1) is 0 Å². The molecule has 0 atom stereocenters. The number of anilines is 3. The van der Waals surface area contributed by atoms with Crippen molar-refractivity contribution in [3.8, 4) is 22.3 Å². The van der Waals surface area contributed by atoms with Crippen molar-refractivity contribution in [2.24, 2.45) is 17.8 Å². The van der Waals surface area contributed by atoms with Crippen LogP contribution in [0.15, 0.2) is 162 Å². The molecule has 7 aromatic carbocycles. The number of hydrogen-bond donors (Lipinski definition) is 0. The average Bonchev–Trinajstić information content (AvgIpc) is 3.58. The van der Waals surface area contributed by atoms with E-state index in [0.717, 1.165) is 51.1 Å². The van der Waals surface area contributed by atoms with E-state index >= 15 is 0 Å². The highest BCUT2D eigenvalue weighted by molar-refractivity contribution is 6.19. The van der Waals surface area contributed by atoms with E-state index in [4.69, 9.17) is 4.42 Å². The fourth-order valence-electron chi connectivity index (χ4n) is 10.9. The van der Waals surface area contributed by atoms with Gasteiger partial charge in [0.15, 0.2) is 0 Å². The van der Waals surface area contributed by atoms with Gasteiger partial charge in [0.25, 0.3) is 0 Å². The van der Waals surface area contributed by atoms with Gasteiger partial charge in [0.05, 0.1) is 0 Å². The minimum absolute atomic E-state index is 0.391. The topological polar surface area (TPSA) is 16.4 Å². The van der Waals surface area contributed by atoms with Crippen LogP contribution in [0.5, 0.6) is 0 Å². The van der Waals surface area contributed by atoms with Crippen molar-refractivity contribution in [3.05, 3.63) is 163 Å². The second-order valence-electron chi connectivity index (χ2n) is 16.0. The van der Waals surface area contributed by atoms with Gasteiger partial charge in [-0.3, -0.25) is 0 Å². The van der Waals surface area contributed by atoms with Crippen LogP contribution in [0.3, 0.4) is 0 Å². The number of benzene rings is 7. The minimum Gasteiger partial charge on any atom is -0.455 e. The SMILES string of the molecule is c1ccc(-c2ccc(N(c3ccc(-c4cccc5oc6c7ccccc7ccc6c45)cc3)c3ccc(C45CC6CC(CC(C6)C4)C5)cc3)cc2)cc1. The van der Waals surface area contributed by atoms with Gasteiger partial charge in [0.2, 0.25) is 0 Å². The highest BCUT2D eigenvalue weighted by Crippen LogP contribution is 2.61. The normalized spacial score (nSPS) is 22.0. The smallest absolute Gasteiger partial charge is 0.143 e. The van der Waals surface area contributed by atoms with Crippen molar-refractivity contribution in [3.63, 3.8) is 0 Å². The highest BCUT2D eigenvalue weighted by atomic mass is 16.3. The second kappa shape index (κ2) is 11.7. The summed E-state index contributed by atoms with van der Waals surface area (Å²) >= 11 is 0. The first-order chi connectivity index (χ1) is 25.7. The Balaban J connectivity index is 0.987. The Morgan fingerprint density at radius 1 is 0.462 bits per heavy atom. The first-order valence-electron chi connectivity index (χ1n) is 19.2. The lowest BCUT2D eigenvalue weighted by Gasteiger charge is -2.57. The van der Waals surface area contributed by atoms with Crippen LogP contribution in [0.25, 0.3) is 55.0 Å². The summed E-state index contributed by atoms with van der Waals surface area (Å²) in [5.41, 5.74) is 12.2. The van der Waals surface area contributed by atoms with Crippen LogP contribution >= 0.6 is 0 Å². The van der Waals surface area contributed by atoms with Gasteiger partial charge in [-0.05, 0) is 143 Å². The quantitative estimate of drug-likeness (QED) is 0.175. The maximum atomic E-state index is 6.53. The lowest BCUT2D eigenvalue weighted by molar-refractivity contribution is -0.00518. The molecule has 1 heterocycles. The molecule has 2 nitrogen and oxygen atoms in total. The molecule has 0 aliphatic heterocycles. The third-order valence-electron chi connectivity index (χ3n) is 12.8. The molecule has 0 spiro atoms. The molecule has 0 saturated heterocycles. The molecule has 252 valence electrons. The maximum absolute atomic E-state index is 6.53. The summed E-state index contributed by atoms with van der Waals surface area (Å²) in [7, 11) is 0. The average molecular weight is 672 g/mol. The fraction of sp³-hybridized carbons (Fsp3) is 0.200. The maximum Gasteiger partial charge on any atom is 0.143 e. The van der Waals surface area contributed by atoms with Gasteiger partial charge in [0, 0.05) is 33.2 Å². The fourth-order valence-corrected chi connectivity index (χ4v) is 10.9. The van der Waals surface area contributed by atoms with Gasteiger partial charge in [-0.25, -0.2) is 0 Å². The standard InChI is InChI=1S/C50H41NO/c1-2-7-36(8-3-1)37-13-20-41(21-14-37)51(43-24-18-40(19-25-43)50-30-33-27-34(31-50)29-35(28-33)32-50)42-22-15-39(16-23-42)44-11-6-12-47-48(44)46-26-17-38-9-4-5-10-45(38)49(46)52-47/h1-26,33-35H,27-32H2. The number of nitrogens with zero attached hydrogens (tertiary/aromatic N) is 1. The number of fused-ring (bicyclic) bond motifs is 5. The Morgan fingerprint density at radius 2 is 1.04 bits per heavy atom. The Bertz CT molecular complexity index is 2540. The molecule has 0 radical (unpaired) electrons. The minimum atomic E-state index is 0.391. The third-order valence-corrected chi connectivity index (χ3v) is 12.8. The van der Waals surface area contributed by atoms with Crippen molar-refractivity contribution in [2.75, 3.05) is 4.90 Å². The van der Waals surface area contributed by atoms with E-state index in [1.165, 1.54) is 77.2 Å². The van der Waals surface area contributed by atoms with Gasteiger partial charge in [-0.1, -0.05) is 109 Å². The molecule has 52 heavy (non-hydrogen) atoms. The molecule has 12 rings (SSSR count). The van der Waals surface area contributed by atoms with Crippen LogP contribution in [-0.4, -0.2) is 0 Å². The van der Waals surface area contributed by atoms with Gasteiger partial charge in [0.1, 0.15) is 11.2 Å². The van der Waals surface area contributed by atoms with E-state index in [-0.39, 0.29) is 0 Å². The van der Waals surface area contributed by atoms with Crippen LogP contribution in [0.1, 0.15) is 44.1 Å². The zero-order valence-electron chi connectivity index (χ0n) is 29.3. The van der Waals surface area contributed by atoms with E-state index in [1.54, 1.807) is 5.56 Å². The number of hydrogen-bond acceptors (Lipinski definition) is 2. The molecule has 2 heteroatoms. The molecular weight excluding hydrogens is 631 g/mol. The van der Waals surface area contributed by atoms with Crippen LogP contribution in [0, 0.1) is 17.8 Å². The van der Waals surface area contributed by atoms with Crippen LogP contribution < -0.4 is 4.90 Å². The first-order valence-corrected chi connectivity index (χ1v) is 19.2. The molecule has 4 aliphatic rings. The largest absolute Gasteiger partial charge is 0.455 e. The monoisotopic (exact) mass is 671 g/mol. The van der Waals surface area contributed by atoms with Gasteiger partial charge >= 0.3 is 0 Å². The van der Waals surface area contributed by atoms with Crippen LogP contribution in [-0.2, 0) is 5.41 Å². The van der Waals surface area contributed by atoms with Crippen molar-refractivity contribution >= 4 is 49.8 Å². The molecule has 8 aromatic rings. The van der Waals surface area contributed by atoms with Crippen molar-refractivity contribution < 1.29 is 4.42 Å². The third kappa shape index (κ3) is 4.84. The molecule has 0 amide bonds. The van der Waals surface area contributed by atoms with Crippen LogP contribution in [0.2, 0.25) is 0 Å². The molecular formula is C50H41NO. The summed E-state index contributed by atoms with van der Waals surface area (Å²) in [4.78, 5) is 2.42. The summed E-state index contributed by atoms with van der Waals surface area (Å²) in [5, 5.41) is 4.68. The molecule has 0 N–H and O–H groups in total. The van der Waals surface area contributed by atoms with Crippen LogP contribution in [0.4, 0.5) is 17.1 Å². The number of furan rings is 1. The molecule has 4 fully saturated rings. The summed E-state index contributed by atoms with van der Waals surface area (Å²) in [6.45, 7) is 0. The van der Waals surface area contributed by atoms with Gasteiger partial charge in [-0.2, -0.15) is 0 Å². The van der Waals surface area contributed by atoms with E-state index in [9.17, 15) is 0 Å². The summed E-state index contributed by atoms with van der Waals surface area (Å²) in [5.74, 6) is 2.82. The van der Waals surface area contributed by atoms with Crippen molar-refractivity contribution in [1.82, 2.24) is 0 Å². The second-order valence-corrected chi connectivity index (χ2v) is 16.0. The zero-order chi connectivity index (χ0) is 34.2. The van der Waals surface area contributed by atoms with E-state index in [2.05, 4.69) is 163 Å². The van der Waals surface area contributed by atoms with E-state index in [1.807, 2.05) is 0 Å². The predicted molar refractivity (Wildman–Crippen MR) is 217 cm³/mol. The van der Waals surface area contributed by atoms with E-state index in [0.29, 0.717) is 5.41 Å². The molecule has 4 saturated carbocycles. The van der Waals surface area contributed by atoms with Crippen molar-refractivity contribution in [2.45, 2.75) is 43.9 Å². The lowest BCUT2D eigenvalue weighted by atomic mass is 9.48. The zero-order valence-corrected chi connectivity index (χ0v) is 29.3. The molecule has 4 aliphatic carbocycles. The number of rotatable bonds is 6. The predicted octanol–water partition coefficient (Wildman–Crippen LogP) is 14.0. The first kappa shape index (κ1) is 30.1. The van der Waals surface area contributed by atoms with Gasteiger partial charge < -0.3 is 9.32 Å².